The van der Waals surface area contributed by atoms with Gasteiger partial charge < -0.3 is 5.73 Å². The number of rotatable bonds is 3. The van der Waals surface area contributed by atoms with E-state index in [1.807, 2.05) is 24.3 Å². The van der Waals surface area contributed by atoms with Crippen LogP contribution >= 0.6 is 11.6 Å². The van der Waals surface area contributed by atoms with E-state index >= 15 is 0 Å². The number of anilines is 1. The van der Waals surface area contributed by atoms with Crippen LogP contribution in [0.2, 0.25) is 0 Å². The Morgan fingerprint density at radius 2 is 2.29 bits per heavy atom. The number of benzene rings is 1. The average molecular weight is 207 g/mol. The van der Waals surface area contributed by atoms with Gasteiger partial charge in [-0.3, -0.25) is 0 Å². The highest BCUT2D eigenvalue weighted by Crippen LogP contribution is 2.14. The summed E-state index contributed by atoms with van der Waals surface area (Å²) >= 11 is 5.53. The molecule has 14 heavy (non-hydrogen) atoms. The SMILES string of the molecule is N#Cc1cc(C=CCCCl)ccc1N. The van der Waals surface area contributed by atoms with Crippen molar-refractivity contribution in [3.05, 3.63) is 35.4 Å². The molecule has 1 aromatic rings. The Labute approximate surface area is 88.6 Å². The number of nitrogens with zero attached hydrogens (tertiary/aromatic N) is 1. The Morgan fingerprint density at radius 1 is 1.50 bits per heavy atom. The van der Waals surface area contributed by atoms with Crippen LogP contribution in [0.3, 0.4) is 0 Å². The first kappa shape index (κ1) is 10.6. The van der Waals surface area contributed by atoms with Gasteiger partial charge in [0.1, 0.15) is 6.07 Å². The van der Waals surface area contributed by atoms with Gasteiger partial charge in [0, 0.05) is 11.6 Å². The molecule has 0 bridgehead atoms. The second-order valence-corrected chi connectivity index (χ2v) is 3.22. The second-order valence-electron chi connectivity index (χ2n) is 2.84. The summed E-state index contributed by atoms with van der Waals surface area (Å²) < 4.78 is 0. The Hall–Kier alpha value is -1.46. The van der Waals surface area contributed by atoms with Crippen LogP contribution < -0.4 is 5.73 Å². The molecule has 0 amide bonds. The van der Waals surface area contributed by atoms with Crippen molar-refractivity contribution >= 4 is 23.4 Å². The molecule has 1 aromatic carbocycles. The highest BCUT2D eigenvalue weighted by Gasteiger charge is 1.96. The molecule has 0 atom stereocenters. The van der Waals surface area contributed by atoms with Crippen molar-refractivity contribution in [3.8, 4) is 6.07 Å². The van der Waals surface area contributed by atoms with E-state index in [1.165, 1.54) is 0 Å². The number of alkyl halides is 1. The molecule has 2 nitrogen and oxygen atoms in total. The van der Waals surface area contributed by atoms with Crippen molar-refractivity contribution in [1.29, 1.82) is 5.26 Å². The molecule has 0 unspecified atom stereocenters. The zero-order valence-electron chi connectivity index (χ0n) is 7.70. The lowest BCUT2D eigenvalue weighted by Gasteiger charge is -1.98. The van der Waals surface area contributed by atoms with Crippen LogP contribution in [0.25, 0.3) is 6.08 Å². The fourth-order valence-electron chi connectivity index (χ4n) is 1.06. The van der Waals surface area contributed by atoms with Crippen LogP contribution in [0, 0.1) is 11.3 Å². The highest BCUT2D eigenvalue weighted by atomic mass is 35.5. The fraction of sp³-hybridized carbons (Fsp3) is 0.182. The lowest BCUT2D eigenvalue weighted by Crippen LogP contribution is -1.89. The first-order valence-corrected chi connectivity index (χ1v) is 4.83. The normalized spacial score (nSPS) is 10.3. The molecule has 0 spiro atoms. The third-order valence-electron chi connectivity index (χ3n) is 1.78. The number of hydrogen-bond acceptors (Lipinski definition) is 2. The number of halogens is 1. The summed E-state index contributed by atoms with van der Waals surface area (Å²) in [5.41, 5.74) is 7.59. The first-order chi connectivity index (χ1) is 6.77. The van der Waals surface area contributed by atoms with Gasteiger partial charge in [-0.25, -0.2) is 0 Å². The second kappa shape index (κ2) is 5.31. The van der Waals surface area contributed by atoms with E-state index in [1.54, 1.807) is 12.1 Å². The smallest absolute Gasteiger partial charge is 0.101 e. The van der Waals surface area contributed by atoms with E-state index in [9.17, 15) is 0 Å². The van der Waals surface area contributed by atoms with E-state index in [0.29, 0.717) is 17.1 Å². The van der Waals surface area contributed by atoms with Gasteiger partial charge in [0.25, 0.3) is 0 Å². The molecule has 3 heteroatoms. The van der Waals surface area contributed by atoms with E-state index in [0.717, 1.165) is 12.0 Å². The molecule has 72 valence electrons. The first-order valence-electron chi connectivity index (χ1n) is 4.30. The average Bonchev–Trinajstić information content (AvgIpc) is 2.21. The standard InChI is InChI=1S/C11H11ClN2/c12-6-2-1-3-9-4-5-11(14)10(7-9)8-13/h1,3-5,7H,2,6,14H2. The molecule has 0 aliphatic heterocycles. The maximum Gasteiger partial charge on any atom is 0.101 e. The third kappa shape index (κ3) is 2.79. The van der Waals surface area contributed by atoms with Gasteiger partial charge in [-0.15, -0.1) is 11.6 Å². The summed E-state index contributed by atoms with van der Waals surface area (Å²) in [7, 11) is 0. The maximum atomic E-state index is 8.74. The van der Waals surface area contributed by atoms with Crippen LogP contribution in [0.1, 0.15) is 17.5 Å². The molecule has 0 aromatic heterocycles. The molecule has 0 radical (unpaired) electrons. The summed E-state index contributed by atoms with van der Waals surface area (Å²) in [6.45, 7) is 0. The Morgan fingerprint density at radius 3 is 2.93 bits per heavy atom. The highest BCUT2D eigenvalue weighted by molar-refractivity contribution is 6.17. The van der Waals surface area contributed by atoms with Gasteiger partial charge in [0.2, 0.25) is 0 Å². The summed E-state index contributed by atoms with van der Waals surface area (Å²) in [5, 5.41) is 8.74. The van der Waals surface area contributed by atoms with Crippen LogP contribution in [0.15, 0.2) is 24.3 Å². The Balaban J connectivity index is 2.86. The van der Waals surface area contributed by atoms with Crippen LogP contribution in [-0.4, -0.2) is 5.88 Å². The number of hydrogen-bond donors (Lipinski definition) is 1. The summed E-state index contributed by atoms with van der Waals surface area (Å²) in [4.78, 5) is 0. The van der Waals surface area contributed by atoms with E-state index in [4.69, 9.17) is 22.6 Å². The van der Waals surface area contributed by atoms with E-state index in [-0.39, 0.29) is 0 Å². The molecule has 1 rings (SSSR count). The monoisotopic (exact) mass is 206 g/mol. The van der Waals surface area contributed by atoms with Gasteiger partial charge in [0.05, 0.1) is 5.56 Å². The molecule has 0 saturated heterocycles. The van der Waals surface area contributed by atoms with Crippen molar-refractivity contribution < 1.29 is 0 Å². The summed E-state index contributed by atoms with van der Waals surface area (Å²) in [6.07, 6.45) is 4.73. The number of nitrogens with two attached hydrogens (primary N) is 1. The van der Waals surface area contributed by atoms with Crippen molar-refractivity contribution in [3.63, 3.8) is 0 Å². The van der Waals surface area contributed by atoms with Gasteiger partial charge in [-0.05, 0) is 24.1 Å². The molecule has 0 heterocycles. The zero-order chi connectivity index (χ0) is 10.4. The lowest BCUT2D eigenvalue weighted by atomic mass is 10.1. The van der Waals surface area contributed by atoms with Gasteiger partial charge >= 0.3 is 0 Å². The zero-order valence-corrected chi connectivity index (χ0v) is 8.46. The lowest BCUT2D eigenvalue weighted by molar-refractivity contribution is 1.24. The van der Waals surface area contributed by atoms with Gasteiger partial charge in [-0.2, -0.15) is 5.26 Å². The molecular formula is C11H11ClN2. The Bertz CT molecular complexity index is 377. The Kier molecular flexibility index (Phi) is 4.03. The number of allylic oxidation sites excluding steroid dienone is 1. The predicted molar refractivity (Wildman–Crippen MR) is 59.9 cm³/mol. The summed E-state index contributed by atoms with van der Waals surface area (Å²) in [5.74, 6) is 0.608. The molecule has 2 N–H and O–H groups in total. The number of nitriles is 1. The topological polar surface area (TPSA) is 49.8 Å². The maximum absolute atomic E-state index is 8.74. The molecule has 0 fully saturated rings. The largest absolute Gasteiger partial charge is 0.398 e. The van der Waals surface area contributed by atoms with Gasteiger partial charge in [-0.1, -0.05) is 18.2 Å². The molecule has 0 aliphatic carbocycles. The minimum absolute atomic E-state index is 0.512. The van der Waals surface area contributed by atoms with Gasteiger partial charge in [0.15, 0.2) is 0 Å². The fourth-order valence-corrected chi connectivity index (χ4v) is 1.18. The van der Waals surface area contributed by atoms with Crippen molar-refractivity contribution in [2.45, 2.75) is 6.42 Å². The predicted octanol–water partition coefficient (Wildman–Crippen LogP) is 2.78. The van der Waals surface area contributed by atoms with E-state index in [2.05, 4.69) is 0 Å². The minimum Gasteiger partial charge on any atom is -0.398 e. The summed E-state index contributed by atoms with van der Waals surface area (Å²) in [6, 6.07) is 7.42. The van der Waals surface area contributed by atoms with Crippen molar-refractivity contribution in [2.24, 2.45) is 0 Å². The van der Waals surface area contributed by atoms with Crippen molar-refractivity contribution in [2.75, 3.05) is 11.6 Å². The van der Waals surface area contributed by atoms with Crippen LogP contribution in [-0.2, 0) is 0 Å². The van der Waals surface area contributed by atoms with E-state index < -0.39 is 0 Å². The molecule has 0 aliphatic rings. The minimum atomic E-state index is 0.512. The number of nitrogen functional groups attached to an aromatic ring is 1. The molecular weight excluding hydrogens is 196 g/mol. The third-order valence-corrected chi connectivity index (χ3v) is 2.00. The van der Waals surface area contributed by atoms with Crippen LogP contribution in [0.4, 0.5) is 5.69 Å². The van der Waals surface area contributed by atoms with Crippen molar-refractivity contribution in [1.82, 2.24) is 0 Å². The quantitative estimate of drug-likeness (QED) is 0.611. The van der Waals surface area contributed by atoms with Crippen LogP contribution in [0.5, 0.6) is 0 Å². The molecule has 0 saturated carbocycles.